The first kappa shape index (κ1) is 14.6. The maximum atomic E-state index is 5.78. The third-order valence-electron chi connectivity index (χ3n) is 2.40. The molecule has 20 heavy (non-hydrogen) atoms. The van der Waals surface area contributed by atoms with Crippen LogP contribution in [-0.2, 0) is 0 Å². The van der Waals surface area contributed by atoms with Crippen LogP contribution in [0.2, 0.25) is 5.02 Å². The number of anilines is 2. The van der Waals surface area contributed by atoms with Gasteiger partial charge in [-0.15, -0.1) is 0 Å². The zero-order chi connectivity index (χ0) is 14.4. The molecule has 2 aromatic rings. The topological polar surface area (TPSA) is 46.2 Å². The SMILES string of the molecule is CCOc1ccccc1NC(=S)Nc1ccc(Cl)cn1. The molecule has 2 rings (SSSR count). The van der Waals surface area contributed by atoms with E-state index in [0.29, 0.717) is 22.6 Å². The van der Waals surface area contributed by atoms with Gasteiger partial charge >= 0.3 is 0 Å². The van der Waals surface area contributed by atoms with Gasteiger partial charge in [-0.3, -0.25) is 0 Å². The van der Waals surface area contributed by atoms with Gasteiger partial charge in [-0.1, -0.05) is 23.7 Å². The lowest BCUT2D eigenvalue weighted by Gasteiger charge is -2.13. The largest absolute Gasteiger partial charge is 0.492 e. The van der Waals surface area contributed by atoms with Crippen LogP contribution in [-0.4, -0.2) is 16.7 Å². The second-order valence-corrected chi connectivity index (χ2v) is 4.71. The van der Waals surface area contributed by atoms with Crippen molar-refractivity contribution in [3.63, 3.8) is 0 Å². The number of aromatic nitrogens is 1. The molecule has 1 aromatic heterocycles. The average Bonchev–Trinajstić information content (AvgIpc) is 2.44. The Kier molecular flexibility index (Phi) is 5.15. The van der Waals surface area contributed by atoms with Crippen LogP contribution in [0, 0.1) is 0 Å². The molecule has 0 radical (unpaired) electrons. The molecule has 0 saturated heterocycles. The van der Waals surface area contributed by atoms with Crippen molar-refractivity contribution in [3.05, 3.63) is 47.6 Å². The van der Waals surface area contributed by atoms with Gasteiger partial charge in [-0.05, 0) is 43.4 Å². The zero-order valence-electron chi connectivity index (χ0n) is 10.9. The van der Waals surface area contributed by atoms with Crippen molar-refractivity contribution in [2.24, 2.45) is 0 Å². The normalized spacial score (nSPS) is 9.90. The van der Waals surface area contributed by atoms with Gasteiger partial charge in [0.1, 0.15) is 11.6 Å². The number of rotatable bonds is 4. The van der Waals surface area contributed by atoms with E-state index in [1.165, 1.54) is 0 Å². The molecule has 0 aliphatic heterocycles. The first-order valence-corrected chi connectivity index (χ1v) is 6.89. The quantitative estimate of drug-likeness (QED) is 0.838. The van der Waals surface area contributed by atoms with Crippen LogP contribution in [0.5, 0.6) is 5.75 Å². The van der Waals surface area contributed by atoms with Gasteiger partial charge in [0, 0.05) is 6.20 Å². The highest BCUT2D eigenvalue weighted by molar-refractivity contribution is 7.80. The Hall–Kier alpha value is -1.85. The van der Waals surface area contributed by atoms with Gasteiger partial charge in [0.15, 0.2) is 5.11 Å². The molecule has 0 fully saturated rings. The fourth-order valence-electron chi connectivity index (χ4n) is 1.57. The maximum Gasteiger partial charge on any atom is 0.176 e. The third-order valence-corrected chi connectivity index (χ3v) is 2.83. The van der Waals surface area contributed by atoms with Crippen LogP contribution in [0.15, 0.2) is 42.6 Å². The Morgan fingerprint density at radius 2 is 2.05 bits per heavy atom. The Balaban J connectivity index is 2.02. The van der Waals surface area contributed by atoms with Crippen molar-refractivity contribution in [2.75, 3.05) is 17.2 Å². The summed E-state index contributed by atoms with van der Waals surface area (Å²) in [6, 6.07) is 11.1. The summed E-state index contributed by atoms with van der Waals surface area (Å²) in [6.45, 7) is 2.53. The van der Waals surface area contributed by atoms with Crippen molar-refractivity contribution in [3.8, 4) is 5.75 Å². The Bertz CT molecular complexity index is 589. The minimum atomic E-state index is 0.437. The fraction of sp³-hybridized carbons (Fsp3) is 0.143. The van der Waals surface area contributed by atoms with Gasteiger partial charge in [0.2, 0.25) is 0 Å². The van der Waals surface area contributed by atoms with Crippen LogP contribution < -0.4 is 15.4 Å². The first-order chi connectivity index (χ1) is 9.69. The van der Waals surface area contributed by atoms with Crippen molar-refractivity contribution < 1.29 is 4.74 Å². The second kappa shape index (κ2) is 7.07. The molecule has 2 N–H and O–H groups in total. The lowest BCUT2D eigenvalue weighted by atomic mass is 10.3. The van der Waals surface area contributed by atoms with E-state index in [4.69, 9.17) is 28.6 Å². The molecule has 0 unspecified atom stereocenters. The van der Waals surface area contributed by atoms with E-state index in [9.17, 15) is 0 Å². The predicted octanol–water partition coefficient (Wildman–Crippen LogP) is 3.94. The molecule has 0 saturated carbocycles. The standard InChI is InChI=1S/C14H14ClN3OS/c1-2-19-12-6-4-3-5-11(12)17-14(20)18-13-8-7-10(15)9-16-13/h3-9H,2H2,1H3,(H2,16,17,18,20). The number of halogens is 1. The average molecular weight is 308 g/mol. The van der Waals surface area contributed by atoms with Crippen molar-refractivity contribution >= 4 is 40.4 Å². The van der Waals surface area contributed by atoms with E-state index < -0.39 is 0 Å². The summed E-state index contributed by atoms with van der Waals surface area (Å²) in [4.78, 5) is 4.12. The van der Waals surface area contributed by atoms with Crippen LogP contribution in [0.4, 0.5) is 11.5 Å². The second-order valence-electron chi connectivity index (χ2n) is 3.87. The molecular weight excluding hydrogens is 294 g/mol. The van der Waals surface area contributed by atoms with Crippen LogP contribution in [0.25, 0.3) is 0 Å². The number of benzene rings is 1. The Morgan fingerprint density at radius 3 is 2.75 bits per heavy atom. The molecule has 104 valence electrons. The van der Waals surface area contributed by atoms with Crippen molar-refractivity contribution in [1.82, 2.24) is 4.98 Å². The van der Waals surface area contributed by atoms with E-state index in [2.05, 4.69) is 15.6 Å². The van der Waals surface area contributed by atoms with Crippen LogP contribution >= 0.6 is 23.8 Å². The summed E-state index contributed by atoms with van der Waals surface area (Å²) in [7, 11) is 0. The van der Waals surface area contributed by atoms with Crippen LogP contribution in [0.3, 0.4) is 0 Å². The molecule has 0 spiro atoms. The van der Waals surface area contributed by atoms with E-state index in [-0.39, 0.29) is 0 Å². The van der Waals surface area contributed by atoms with E-state index in [1.807, 2.05) is 31.2 Å². The monoisotopic (exact) mass is 307 g/mol. The van der Waals surface area contributed by atoms with E-state index >= 15 is 0 Å². The molecule has 0 aliphatic carbocycles. The number of pyridine rings is 1. The van der Waals surface area contributed by atoms with Gasteiger partial charge in [0.05, 0.1) is 17.3 Å². The smallest absolute Gasteiger partial charge is 0.176 e. The molecule has 1 aromatic carbocycles. The Morgan fingerprint density at radius 1 is 1.25 bits per heavy atom. The zero-order valence-corrected chi connectivity index (χ0v) is 12.5. The summed E-state index contributed by atoms with van der Waals surface area (Å²) >= 11 is 11.0. The number of thiocarbonyl (C=S) groups is 1. The molecule has 1 heterocycles. The third kappa shape index (κ3) is 4.08. The molecule has 0 amide bonds. The Labute approximate surface area is 128 Å². The predicted molar refractivity (Wildman–Crippen MR) is 86.7 cm³/mol. The summed E-state index contributed by atoms with van der Waals surface area (Å²) in [5, 5.41) is 7.08. The number of nitrogens with one attached hydrogen (secondary N) is 2. The van der Waals surface area contributed by atoms with Gasteiger partial charge in [-0.25, -0.2) is 4.98 Å². The molecular formula is C14H14ClN3OS. The van der Waals surface area contributed by atoms with Gasteiger partial charge in [-0.2, -0.15) is 0 Å². The molecule has 0 atom stereocenters. The van der Waals surface area contributed by atoms with Gasteiger partial charge in [0.25, 0.3) is 0 Å². The number of hydrogen-bond acceptors (Lipinski definition) is 3. The highest BCUT2D eigenvalue weighted by atomic mass is 35.5. The summed E-state index contributed by atoms with van der Waals surface area (Å²) in [5.41, 5.74) is 0.806. The first-order valence-electron chi connectivity index (χ1n) is 6.10. The van der Waals surface area contributed by atoms with Crippen molar-refractivity contribution in [2.45, 2.75) is 6.92 Å². The summed E-state index contributed by atoms with van der Waals surface area (Å²) in [6.07, 6.45) is 1.56. The van der Waals surface area contributed by atoms with Gasteiger partial charge < -0.3 is 15.4 Å². The molecule has 0 bridgehead atoms. The lowest BCUT2D eigenvalue weighted by molar-refractivity contribution is 0.342. The molecule has 4 nitrogen and oxygen atoms in total. The minimum absolute atomic E-state index is 0.437. The minimum Gasteiger partial charge on any atom is -0.492 e. The molecule has 0 aliphatic rings. The van der Waals surface area contributed by atoms with Crippen molar-refractivity contribution in [1.29, 1.82) is 0 Å². The summed E-state index contributed by atoms with van der Waals surface area (Å²) < 4.78 is 5.52. The number of nitrogens with zero attached hydrogens (tertiary/aromatic N) is 1. The summed E-state index contributed by atoms with van der Waals surface area (Å²) in [5.74, 6) is 1.38. The highest BCUT2D eigenvalue weighted by Gasteiger charge is 2.05. The lowest BCUT2D eigenvalue weighted by Crippen LogP contribution is -2.20. The van der Waals surface area contributed by atoms with Crippen LogP contribution in [0.1, 0.15) is 6.92 Å². The fourth-order valence-corrected chi connectivity index (χ4v) is 1.90. The van der Waals surface area contributed by atoms with E-state index in [0.717, 1.165) is 11.4 Å². The maximum absolute atomic E-state index is 5.78. The van der Waals surface area contributed by atoms with E-state index in [1.54, 1.807) is 18.3 Å². The highest BCUT2D eigenvalue weighted by Crippen LogP contribution is 2.23. The molecule has 6 heteroatoms. The number of hydrogen-bond donors (Lipinski definition) is 2. The number of para-hydroxylation sites is 2. The number of ether oxygens (including phenoxy) is 1.